The van der Waals surface area contributed by atoms with Crippen molar-refractivity contribution < 1.29 is 9.53 Å². The van der Waals surface area contributed by atoms with E-state index in [9.17, 15) is 10.1 Å². The molecule has 1 unspecified atom stereocenters. The van der Waals surface area contributed by atoms with E-state index in [1.165, 1.54) is 0 Å². The molecule has 2 aromatic rings. The first-order chi connectivity index (χ1) is 11.2. The normalized spacial score (nSPS) is 17.7. The van der Waals surface area contributed by atoms with Gasteiger partial charge in [-0.2, -0.15) is 5.26 Å². The van der Waals surface area contributed by atoms with Gasteiger partial charge in [-0.3, -0.25) is 4.79 Å². The van der Waals surface area contributed by atoms with Crippen molar-refractivity contribution in [2.24, 2.45) is 5.92 Å². The highest BCUT2D eigenvalue weighted by molar-refractivity contribution is 5.98. The molecule has 118 valence electrons. The Bertz CT molecular complexity index is 764. The van der Waals surface area contributed by atoms with Gasteiger partial charge in [-0.1, -0.05) is 24.3 Å². The fourth-order valence-corrected chi connectivity index (χ4v) is 3.30. The van der Waals surface area contributed by atoms with Crippen LogP contribution in [-0.4, -0.2) is 25.7 Å². The van der Waals surface area contributed by atoms with Crippen LogP contribution in [0.3, 0.4) is 0 Å². The van der Waals surface area contributed by atoms with E-state index in [2.05, 4.69) is 11.0 Å². The van der Waals surface area contributed by atoms with E-state index in [0.29, 0.717) is 18.7 Å². The molecule has 1 saturated heterocycles. The van der Waals surface area contributed by atoms with Gasteiger partial charge in [-0.25, -0.2) is 0 Å². The van der Waals surface area contributed by atoms with Crippen molar-refractivity contribution in [1.82, 2.24) is 0 Å². The lowest BCUT2D eigenvalue weighted by Crippen LogP contribution is -2.39. The molecule has 0 radical (unpaired) electrons. The van der Waals surface area contributed by atoms with E-state index >= 15 is 0 Å². The van der Waals surface area contributed by atoms with Crippen LogP contribution >= 0.6 is 0 Å². The highest BCUT2D eigenvalue weighted by Gasteiger charge is 2.27. The molecule has 4 heteroatoms. The number of hydrogen-bond acceptors (Lipinski definition) is 4. The van der Waals surface area contributed by atoms with E-state index < -0.39 is 0 Å². The lowest BCUT2D eigenvalue weighted by Gasteiger charge is -2.34. The number of nitriles is 1. The Morgan fingerprint density at radius 3 is 2.83 bits per heavy atom. The molecule has 23 heavy (non-hydrogen) atoms. The quantitative estimate of drug-likeness (QED) is 0.814. The molecule has 0 saturated carbocycles. The zero-order chi connectivity index (χ0) is 16.2. The molecule has 0 spiro atoms. The molecule has 2 aromatic carbocycles. The maximum atomic E-state index is 12.0. The number of nitrogens with zero attached hydrogens (tertiary/aromatic N) is 2. The first-order valence-electron chi connectivity index (χ1n) is 8.08. The number of ether oxygens (including phenoxy) is 1. The number of rotatable bonds is 3. The Labute approximate surface area is 136 Å². The number of benzene rings is 2. The number of hydrogen-bond donors (Lipinski definition) is 0. The number of carbonyl (C=O) groups excluding carboxylic acids is 1. The minimum atomic E-state index is -0.102. The highest BCUT2D eigenvalue weighted by Crippen LogP contribution is 2.32. The number of fused-ring (bicyclic) bond motifs is 1. The van der Waals surface area contributed by atoms with Crippen LogP contribution in [-0.2, 0) is 9.53 Å². The van der Waals surface area contributed by atoms with Gasteiger partial charge in [0.2, 0.25) is 0 Å². The summed E-state index contributed by atoms with van der Waals surface area (Å²) in [6.07, 6.45) is 1.85. The maximum absolute atomic E-state index is 12.0. The molecule has 1 aliphatic heterocycles. The summed E-state index contributed by atoms with van der Waals surface area (Å²) in [5.41, 5.74) is 1.77. The summed E-state index contributed by atoms with van der Waals surface area (Å²) >= 11 is 0. The molecule has 1 heterocycles. The van der Waals surface area contributed by atoms with E-state index in [1.807, 2.05) is 43.3 Å². The van der Waals surface area contributed by atoms with Crippen LogP contribution in [0.1, 0.15) is 25.3 Å². The molecular formula is C19H20N2O2. The third-order valence-corrected chi connectivity index (χ3v) is 4.40. The molecule has 0 N–H and O–H groups in total. The first kappa shape index (κ1) is 15.4. The molecule has 4 nitrogen and oxygen atoms in total. The van der Waals surface area contributed by atoms with Crippen LogP contribution in [0.4, 0.5) is 5.69 Å². The van der Waals surface area contributed by atoms with Crippen LogP contribution in [0, 0.1) is 17.2 Å². The number of piperidine rings is 1. The maximum Gasteiger partial charge on any atom is 0.310 e. The van der Waals surface area contributed by atoms with Crippen molar-refractivity contribution in [2.45, 2.75) is 19.8 Å². The van der Waals surface area contributed by atoms with Gasteiger partial charge in [-0.05, 0) is 31.9 Å². The second kappa shape index (κ2) is 6.70. The Morgan fingerprint density at radius 1 is 1.30 bits per heavy atom. The van der Waals surface area contributed by atoms with Gasteiger partial charge in [0.1, 0.15) is 0 Å². The van der Waals surface area contributed by atoms with Crippen molar-refractivity contribution in [3.05, 3.63) is 42.0 Å². The summed E-state index contributed by atoms with van der Waals surface area (Å²) in [4.78, 5) is 14.3. The zero-order valence-corrected chi connectivity index (χ0v) is 13.3. The summed E-state index contributed by atoms with van der Waals surface area (Å²) in [6.45, 7) is 3.86. The molecule has 0 bridgehead atoms. The van der Waals surface area contributed by atoms with Gasteiger partial charge >= 0.3 is 5.97 Å². The molecular weight excluding hydrogens is 288 g/mol. The Hall–Kier alpha value is -2.54. The van der Waals surface area contributed by atoms with Gasteiger partial charge in [0.05, 0.1) is 24.2 Å². The van der Waals surface area contributed by atoms with Crippen LogP contribution < -0.4 is 4.90 Å². The van der Waals surface area contributed by atoms with E-state index in [4.69, 9.17) is 4.74 Å². The Kier molecular flexibility index (Phi) is 4.47. The van der Waals surface area contributed by atoms with Crippen molar-refractivity contribution in [3.63, 3.8) is 0 Å². The average Bonchev–Trinajstić information content (AvgIpc) is 2.61. The van der Waals surface area contributed by atoms with Gasteiger partial charge in [0.15, 0.2) is 0 Å². The largest absolute Gasteiger partial charge is 0.466 e. The smallest absolute Gasteiger partial charge is 0.310 e. The fourth-order valence-electron chi connectivity index (χ4n) is 3.30. The Morgan fingerprint density at radius 2 is 2.09 bits per heavy atom. The van der Waals surface area contributed by atoms with Crippen LogP contribution in [0.5, 0.6) is 0 Å². The van der Waals surface area contributed by atoms with E-state index in [1.54, 1.807) is 0 Å². The minimum absolute atomic E-state index is 0.0712. The topological polar surface area (TPSA) is 53.3 Å². The number of esters is 1. The Balaban J connectivity index is 1.94. The second-order valence-electron chi connectivity index (χ2n) is 5.83. The van der Waals surface area contributed by atoms with Crippen molar-refractivity contribution in [1.29, 1.82) is 5.26 Å². The van der Waals surface area contributed by atoms with Crippen LogP contribution in [0.25, 0.3) is 10.8 Å². The summed E-state index contributed by atoms with van der Waals surface area (Å²) in [5, 5.41) is 11.3. The van der Waals surface area contributed by atoms with Crippen molar-refractivity contribution >= 4 is 22.4 Å². The summed E-state index contributed by atoms with van der Waals surface area (Å²) in [5.74, 6) is -0.173. The molecule has 0 aliphatic carbocycles. The van der Waals surface area contributed by atoms with Crippen molar-refractivity contribution in [3.8, 4) is 6.07 Å². The standard InChI is InChI=1S/C19H20N2O2/c1-2-23-19(22)15-6-5-11-21(13-15)18-10-9-14(12-20)16-7-3-4-8-17(16)18/h3-4,7-10,15H,2,5-6,11,13H2,1H3. The summed E-state index contributed by atoms with van der Waals surface area (Å²) < 4.78 is 5.18. The molecule has 3 rings (SSSR count). The minimum Gasteiger partial charge on any atom is -0.466 e. The summed E-state index contributed by atoms with van der Waals surface area (Å²) in [7, 11) is 0. The fraction of sp³-hybridized carbons (Fsp3) is 0.368. The average molecular weight is 308 g/mol. The van der Waals surface area contributed by atoms with Crippen molar-refractivity contribution in [2.75, 3.05) is 24.6 Å². The summed E-state index contributed by atoms with van der Waals surface area (Å²) in [6, 6.07) is 14.1. The van der Waals surface area contributed by atoms with Gasteiger partial charge in [0.25, 0.3) is 0 Å². The lowest BCUT2D eigenvalue weighted by molar-refractivity contribution is -0.148. The monoisotopic (exact) mass is 308 g/mol. The molecule has 1 fully saturated rings. The predicted octanol–water partition coefficient (Wildman–Crippen LogP) is 3.49. The lowest BCUT2D eigenvalue weighted by atomic mass is 9.96. The molecule has 0 amide bonds. The number of carbonyl (C=O) groups is 1. The molecule has 1 aliphatic rings. The third kappa shape index (κ3) is 3.00. The van der Waals surface area contributed by atoms with Gasteiger partial charge in [0, 0.05) is 29.5 Å². The highest BCUT2D eigenvalue weighted by atomic mass is 16.5. The molecule has 1 atom stereocenters. The molecule has 0 aromatic heterocycles. The van der Waals surface area contributed by atoms with E-state index in [0.717, 1.165) is 35.8 Å². The first-order valence-corrected chi connectivity index (χ1v) is 8.08. The van der Waals surface area contributed by atoms with E-state index in [-0.39, 0.29) is 11.9 Å². The SMILES string of the molecule is CCOC(=O)C1CCCN(c2ccc(C#N)c3ccccc23)C1. The van der Waals surface area contributed by atoms with Gasteiger partial charge in [-0.15, -0.1) is 0 Å². The second-order valence-corrected chi connectivity index (χ2v) is 5.83. The third-order valence-electron chi connectivity index (χ3n) is 4.40. The van der Waals surface area contributed by atoms with Crippen LogP contribution in [0.15, 0.2) is 36.4 Å². The zero-order valence-electron chi connectivity index (χ0n) is 13.3. The van der Waals surface area contributed by atoms with Gasteiger partial charge < -0.3 is 9.64 Å². The number of anilines is 1. The van der Waals surface area contributed by atoms with Crippen LogP contribution in [0.2, 0.25) is 0 Å². The predicted molar refractivity (Wildman–Crippen MR) is 90.2 cm³/mol.